The van der Waals surface area contributed by atoms with Crippen LogP contribution >= 0.6 is 0 Å². The summed E-state index contributed by atoms with van der Waals surface area (Å²) in [5, 5.41) is 26.2. The van der Waals surface area contributed by atoms with E-state index in [0.717, 1.165) is 23.9 Å². The molecule has 28 heavy (non-hydrogen) atoms. The largest absolute Gasteiger partial charge is 0.394 e. The molecule has 0 spiro atoms. The summed E-state index contributed by atoms with van der Waals surface area (Å²) in [4.78, 5) is 14.8. The third-order valence-corrected chi connectivity index (χ3v) is 3.50. The van der Waals surface area contributed by atoms with Gasteiger partial charge in [-0.25, -0.2) is 15.0 Å². The van der Waals surface area contributed by atoms with Gasteiger partial charge in [-0.15, -0.1) is 0 Å². The normalized spacial score (nSPS) is 19.2. The SMILES string of the molecule is CC.CC(C)(O)O.CN(C)/C=N/c1ncnc2c1ccn2[C@H]1CC[C@@H](CO)O1. The van der Waals surface area contributed by atoms with E-state index in [1.165, 1.54) is 20.2 Å². The Labute approximate surface area is 166 Å². The first kappa shape index (κ1) is 24.0. The molecular weight excluding hydrogens is 362 g/mol. The molecule has 0 bridgehead atoms. The molecule has 2 aromatic heterocycles. The van der Waals surface area contributed by atoms with Gasteiger partial charge in [-0.2, -0.15) is 0 Å². The molecule has 1 saturated heterocycles. The second-order valence-corrected chi connectivity index (χ2v) is 6.83. The van der Waals surface area contributed by atoms with Crippen LogP contribution < -0.4 is 0 Å². The van der Waals surface area contributed by atoms with Gasteiger partial charge in [-0.1, -0.05) is 13.8 Å². The fourth-order valence-corrected chi connectivity index (χ4v) is 2.49. The molecule has 0 radical (unpaired) electrons. The van der Waals surface area contributed by atoms with Crippen LogP contribution in [0.1, 0.15) is 46.8 Å². The highest BCUT2D eigenvalue weighted by molar-refractivity contribution is 5.87. The minimum absolute atomic E-state index is 0.0586. The van der Waals surface area contributed by atoms with Gasteiger partial charge in [-0.05, 0) is 32.8 Å². The molecule has 1 aliphatic rings. The molecule has 2 atom stereocenters. The summed E-state index contributed by atoms with van der Waals surface area (Å²) in [6.45, 7) is 6.66. The Morgan fingerprint density at radius 2 is 1.93 bits per heavy atom. The Bertz CT molecular complexity index is 733. The number of ether oxygens (including phenoxy) is 1. The number of fused-ring (bicyclic) bond motifs is 1. The van der Waals surface area contributed by atoms with Crippen LogP contribution in [0.4, 0.5) is 5.82 Å². The lowest BCUT2D eigenvalue weighted by atomic mass is 10.2. The van der Waals surface area contributed by atoms with Crippen LogP contribution in [0.15, 0.2) is 23.6 Å². The minimum Gasteiger partial charge on any atom is -0.394 e. The number of aromatic nitrogens is 3. The van der Waals surface area contributed by atoms with Crippen LogP contribution in [0.5, 0.6) is 0 Å². The van der Waals surface area contributed by atoms with Crippen molar-refractivity contribution in [2.75, 3.05) is 20.7 Å². The third kappa shape index (κ3) is 7.51. The van der Waals surface area contributed by atoms with E-state index in [1.807, 2.05) is 49.7 Å². The van der Waals surface area contributed by atoms with Gasteiger partial charge in [0.1, 0.15) is 18.2 Å². The maximum absolute atomic E-state index is 9.18. The van der Waals surface area contributed by atoms with E-state index in [2.05, 4.69) is 15.0 Å². The highest BCUT2D eigenvalue weighted by Gasteiger charge is 2.27. The molecule has 1 aliphatic heterocycles. The van der Waals surface area contributed by atoms with Crippen LogP contribution in [0.3, 0.4) is 0 Å². The summed E-state index contributed by atoms with van der Waals surface area (Å²) < 4.78 is 7.79. The molecule has 0 unspecified atom stereocenters. The highest BCUT2D eigenvalue weighted by atomic mass is 16.5. The van der Waals surface area contributed by atoms with E-state index >= 15 is 0 Å². The maximum atomic E-state index is 9.18. The first-order valence-electron chi connectivity index (χ1n) is 9.42. The van der Waals surface area contributed by atoms with Crippen molar-refractivity contribution >= 4 is 23.2 Å². The molecule has 3 N–H and O–H groups in total. The van der Waals surface area contributed by atoms with E-state index in [1.54, 1.807) is 6.34 Å². The van der Waals surface area contributed by atoms with Crippen molar-refractivity contribution < 1.29 is 20.1 Å². The molecular formula is C19H33N5O4. The summed E-state index contributed by atoms with van der Waals surface area (Å²) >= 11 is 0. The van der Waals surface area contributed by atoms with Crippen molar-refractivity contribution in [1.29, 1.82) is 0 Å². The second-order valence-electron chi connectivity index (χ2n) is 6.83. The van der Waals surface area contributed by atoms with Crippen LogP contribution in [0.2, 0.25) is 0 Å². The molecule has 0 amide bonds. The number of hydrogen-bond donors (Lipinski definition) is 3. The summed E-state index contributed by atoms with van der Waals surface area (Å²) in [5.41, 5.74) is 0.805. The van der Waals surface area contributed by atoms with Gasteiger partial charge in [0.2, 0.25) is 0 Å². The zero-order valence-electron chi connectivity index (χ0n) is 17.6. The first-order chi connectivity index (χ1) is 13.2. The first-order valence-corrected chi connectivity index (χ1v) is 9.42. The lowest BCUT2D eigenvalue weighted by molar-refractivity contribution is -0.127. The Morgan fingerprint density at radius 1 is 1.29 bits per heavy atom. The van der Waals surface area contributed by atoms with Crippen LogP contribution in [-0.4, -0.2) is 73.7 Å². The fraction of sp³-hybridized carbons (Fsp3) is 0.632. The Balaban J connectivity index is 0.000000490. The van der Waals surface area contributed by atoms with Gasteiger partial charge in [0.05, 0.1) is 24.4 Å². The summed E-state index contributed by atoms with van der Waals surface area (Å²) in [7, 11) is 3.82. The highest BCUT2D eigenvalue weighted by Crippen LogP contribution is 2.32. The third-order valence-electron chi connectivity index (χ3n) is 3.50. The van der Waals surface area contributed by atoms with Crippen LogP contribution in [0, 0.1) is 0 Å². The molecule has 3 rings (SSSR count). The molecule has 2 aromatic rings. The molecule has 0 aliphatic carbocycles. The van der Waals surface area contributed by atoms with Gasteiger partial charge in [0.25, 0.3) is 0 Å². The molecule has 1 fully saturated rings. The standard InChI is InChI=1S/C14H19N5O2.C3H8O2.C2H6/c1-18(2)9-17-13-11-5-6-19(14(11)16-8-15-13)12-4-3-10(7-20)21-12;1-3(2,4)5;1-2/h5-6,8-10,12,20H,3-4,7H2,1-2H3;4-5H,1-2H3;1-2H3/b17-9+;;/t10-,12+;;/m0../s1. The van der Waals surface area contributed by atoms with Crippen molar-refractivity contribution in [3.05, 3.63) is 18.6 Å². The Morgan fingerprint density at radius 3 is 2.46 bits per heavy atom. The average Bonchev–Trinajstić information content (AvgIpc) is 3.26. The van der Waals surface area contributed by atoms with Gasteiger partial charge < -0.3 is 29.5 Å². The molecule has 0 aromatic carbocycles. The van der Waals surface area contributed by atoms with E-state index < -0.39 is 5.79 Å². The number of aliphatic imine (C=N–C) groups is 1. The predicted molar refractivity (Wildman–Crippen MR) is 109 cm³/mol. The Kier molecular flexibility index (Phi) is 9.47. The monoisotopic (exact) mass is 395 g/mol. The number of rotatable bonds is 4. The van der Waals surface area contributed by atoms with Crippen molar-refractivity contribution in [3.63, 3.8) is 0 Å². The quantitative estimate of drug-likeness (QED) is 0.412. The zero-order valence-corrected chi connectivity index (χ0v) is 17.6. The van der Waals surface area contributed by atoms with E-state index in [0.29, 0.717) is 5.82 Å². The minimum atomic E-state index is -1.50. The van der Waals surface area contributed by atoms with Crippen molar-refractivity contribution in [3.8, 4) is 0 Å². The topological polar surface area (TPSA) is 116 Å². The van der Waals surface area contributed by atoms with Gasteiger partial charge in [-0.3, -0.25) is 0 Å². The van der Waals surface area contributed by atoms with E-state index in [4.69, 9.17) is 14.9 Å². The average molecular weight is 396 g/mol. The molecule has 9 nitrogen and oxygen atoms in total. The van der Waals surface area contributed by atoms with Crippen LogP contribution in [-0.2, 0) is 4.74 Å². The number of aliphatic hydroxyl groups is 3. The fourth-order valence-electron chi connectivity index (χ4n) is 2.49. The van der Waals surface area contributed by atoms with Gasteiger partial charge >= 0.3 is 0 Å². The lowest BCUT2D eigenvalue weighted by Gasteiger charge is -2.14. The molecule has 3 heterocycles. The molecule has 9 heteroatoms. The van der Waals surface area contributed by atoms with Crippen molar-refractivity contribution in [2.24, 2.45) is 4.99 Å². The molecule has 0 saturated carbocycles. The summed E-state index contributed by atoms with van der Waals surface area (Å²) in [6, 6.07) is 1.95. The number of hydrogen-bond acceptors (Lipinski definition) is 7. The summed E-state index contributed by atoms with van der Waals surface area (Å²) in [5.74, 6) is -0.857. The Hall–Kier alpha value is -2.07. The number of nitrogens with zero attached hydrogens (tertiary/aromatic N) is 5. The smallest absolute Gasteiger partial charge is 0.166 e. The summed E-state index contributed by atoms with van der Waals surface area (Å²) in [6.07, 6.45) is 6.73. The van der Waals surface area contributed by atoms with Gasteiger partial charge in [0, 0.05) is 20.3 Å². The predicted octanol–water partition coefficient (Wildman–Crippen LogP) is 2.06. The lowest BCUT2D eigenvalue weighted by Crippen LogP contribution is -2.15. The maximum Gasteiger partial charge on any atom is 0.166 e. The van der Waals surface area contributed by atoms with Crippen molar-refractivity contribution in [2.45, 2.75) is 58.7 Å². The molecule has 158 valence electrons. The second kappa shape index (κ2) is 11.1. The van der Waals surface area contributed by atoms with Crippen LogP contribution in [0.25, 0.3) is 11.0 Å². The van der Waals surface area contributed by atoms with E-state index in [9.17, 15) is 5.11 Å². The van der Waals surface area contributed by atoms with Gasteiger partial charge in [0.15, 0.2) is 11.6 Å². The van der Waals surface area contributed by atoms with E-state index in [-0.39, 0.29) is 18.9 Å². The number of aliphatic hydroxyl groups excluding tert-OH is 1. The zero-order chi connectivity index (χ0) is 21.3. The van der Waals surface area contributed by atoms with Crippen molar-refractivity contribution in [1.82, 2.24) is 19.4 Å².